The summed E-state index contributed by atoms with van der Waals surface area (Å²) in [6, 6.07) is 7.39. The van der Waals surface area contributed by atoms with Crippen molar-refractivity contribution in [1.82, 2.24) is 15.2 Å². The lowest BCUT2D eigenvalue weighted by Crippen LogP contribution is -2.15. The van der Waals surface area contributed by atoms with Crippen LogP contribution in [0, 0.1) is 0 Å². The lowest BCUT2D eigenvalue weighted by molar-refractivity contribution is 0.0836. The van der Waals surface area contributed by atoms with Crippen molar-refractivity contribution in [2.24, 2.45) is 5.73 Å². The zero-order valence-electron chi connectivity index (χ0n) is 13.8. The van der Waals surface area contributed by atoms with Gasteiger partial charge >= 0.3 is 0 Å². The van der Waals surface area contributed by atoms with E-state index in [1.807, 2.05) is 24.3 Å². The molecule has 0 saturated carbocycles. The van der Waals surface area contributed by atoms with Gasteiger partial charge in [0.2, 0.25) is 0 Å². The van der Waals surface area contributed by atoms with Gasteiger partial charge in [0.15, 0.2) is 5.82 Å². The van der Waals surface area contributed by atoms with Crippen LogP contribution in [0.1, 0.15) is 24.6 Å². The van der Waals surface area contributed by atoms with Gasteiger partial charge in [-0.15, -0.1) is 12.4 Å². The second kappa shape index (κ2) is 9.50. The van der Waals surface area contributed by atoms with Gasteiger partial charge < -0.3 is 15.2 Å². The molecule has 0 aliphatic carbocycles. The minimum atomic E-state index is 0. The molecule has 1 aliphatic heterocycles. The van der Waals surface area contributed by atoms with Crippen molar-refractivity contribution in [3.8, 4) is 17.1 Å². The average molecular weight is 369 g/mol. The van der Waals surface area contributed by atoms with E-state index in [4.69, 9.17) is 15.2 Å². The highest BCUT2D eigenvalue weighted by molar-refractivity contribution is 5.85. The summed E-state index contributed by atoms with van der Waals surface area (Å²) < 4.78 is 23.3. The fourth-order valence-electron chi connectivity index (χ4n) is 2.57. The number of hydrogen-bond acceptors (Lipinski definition) is 5. The van der Waals surface area contributed by atoms with Crippen LogP contribution in [0.5, 0.6) is 5.75 Å². The fraction of sp³-hybridized carbons (Fsp3) is 0.412. The van der Waals surface area contributed by atoms with Crippen LogP contribution in [0.2, 0.25) is 0 Å². The number of nitrogens with two attached hydrogens (primary N) is 1. The van der Waals surface area contributed by atoms with Crippen LogP contribution in [-0.4, -0.2) is 41.5 Å². The Morgan fingerprint density at radius 1 is 1.32 bits per heavy atom. The molecule has 6 nitrogen and oxygen atoms in total. The first-order valence-electron chi connectivity index (χ1n) is 8.01. The first kappa shape index (κ1) is 19.4. The Morgan fingerprint density at radius 3 is 2.68 bits per heavy atom. The van der Waals surface area contributed by atoms with E-state index in [2.05, 4.69) is 15.2 Å². The summed E-state index contributed by atoms with van der Waals surface area (Å²) in [6.45, 7) is 1.82. The summed E-state index contributed by atoms with van der Waals surface area (Å²) in [7, 11) is 0. The number of rotatable bonds is 6. The number of halogens is 2. The molecule has 0 amide bonds. The molecule has 3 N–H and O–H groups in total. The molecule has 0 atom stereocenters. The highest BCUT2D eigenvalue weighted by Gasteiger charge is 2.19. The molecule has 1 aliphatic rings. The number of benzene rings is 1. The van der Waals surface area contributed by atoms with Crippen molar-refractivity contribution in [3.63, 3.8) is 0 Å². The van der Waals surface area contributed by atoms with Crippen LogP contribution >= 0.6 is 12.4 Å². The molecule has 25 heavy (non-hydrogen) atoms. The normalized spacial score (nSPS) is 15.7. The SMILES string of the molecule is Cl.NC/C(=C\F)COc1ccc(-c2n[nH]c(C3CCOCC3)n2)cc1. The van der Waals surface area contributed by atoms with Crippen LogP contribution in [0.25, 0.3) is 11.4 Å². The Bertz CT molecular complexity index is 684. The first-order chi connectivity index (χ1) is 11.8. The molecule has 8 heteroatoms. The van der Waals surface area contributed by atoms with Crippen molar-refractivity contribution in [1.29, 1.82) is 0 Å². The summed E-state index contributed by atoms with van der Waals surface area (Å²) in [5, 5.41) is 7.33. The van der Waals surface area contributed by atoms with Gasteiger partial charge in [-0.2, -0.15) is 5.10 Å². The summed E-state index contributed by atoms with van der Waals surface area (Å²) in [6.07, 6.45) is 2.42. The number of ether oxygens (including phenoxy) is 2. The number of aromatic nitrogens is 3. The standard InChI is InChI=1S/C17H21FN4O2.ClH/c18-9-12(10-19)11-24-15-3-1-13(2-4-15)16-20-17(22-21-16)14-5-7-23-8-6-14;/h1-4,9,14H,5-8,10-11,19H2,(H,20,21,22);1H/b12-9+;. The molecule has 0 radical (unpaired) electrons. The van der Waals surface area contributed by atoms with Crippen LogP contribution < -0.4 is 10.5 Å². The summed E-state index contributed by atoms with van der Waals surface area (Å²) in [5.41, 5.74) is 6.71. The van der Waals surface area contributed by atoms with E-state index in [0.29, 0.717) is 29.4 Å². The molecule has 1 aromatic heterocycles. The Balaban J connectivity index is 0.00000225. The van der Waals surface area contributed by atoms with Crippen molar-refractivity contribution >= 4 is 12.4 Å². The van der Waals surface area contributed by atoms with Gasteiger partial charge in [-0.25, -0.2) is 9.37 Å². The third kappa shape index (κ3) is 5.01. The monoisotopic (exact) mass is 368 g/mol. The first-order valence-corrected chi connectivity index (χ1v) is 8.01. The van der Waals surface area contributed by atoms with E-state index < -0.39 is 0 Å². The lowest BCUT2D eigenvalue weighted by Gasteiger charge is -2.19. The molecule has 1 aromatic carbocycles. The van der Waals surface area contributed by atoms with Crippen molar-refractivity contribution < 1.29 is 13.9 Å². The highest BCUT2D eigenvalue weighted by atomic mass is 35.5. The minimum Gasteiger partial charge on any atom is -0.489 e. The zero-order valence-corrected chi connectivity index (χ0v) is 14.6. The Kier molecular flexibility index (Phi) is 7.36. The predicted octanol–water partition coefficient (Wildman–Crippen LogP) is 2.98. The van der Waals surface area contributed by atoms with Crippen LogP contribution in [0.15, 0.2) is 36.2 Å². The molecule has 1 saturated heterocycles. The molecular formula is C17H22ClFN4O2. The van der Waals surface area contributed by atoms with Crippen molar-refractivity contribution in [3.05, 3.63) is 42.0 Å². The molecule has 136 valence electrons. The molecule has 2 aromatic rings. The quantitative estimate of drug-likeness (QED) is 0.818. The highest BCUT2D eigenvalue weighted by Crippen LogP contribution is 2.26. The number of nitrogens with one attached hydrogen (secondary N) is 1. The topological polar surface area (TPSA) is 86.0 Å². The van der Waals surface area contributed by atoms with Gasteiger partial charge in [0, 0.05) is 36.8 Å². The van der Waals surface area contributed by atoms with E-state index in [1.165, 1.54) is 0 Å². The van der Waals surface area contributed by atoms with Crippen molar-refractivity contribution in [2.45, 2.75) is 18.8 Å². The van der Waals surface area contributed by atoms with E-state index in [9.17, 15) is 4.39 Å². The maximum absolute atomic E-state index is 12.5. The fourth-order valence-corrected chi connectivity index (χ4v) is 2.57. The Morgan fingerprint density at radius 2 is 2.04 bits per heavy atom. The van der Waals surface area contributed by atoms with E-state index in [0.717, 1.165) is 37.4 Å². The molecule has 3 rings (SSSR count). The van der Waals surface area contributed by atoms with Crippen LogP contribution in [0.3, 0.4) is 0 Å². The average Bonchev–Trinajstić information content (AvgIpc) is 3.14. The molecule has 2 heterocycles. The molecule has 1 fully saturated rings. The largest absolute Gasteiger partial charge is 0.489 e. The van der Waals surface area contributed by atoms with Gasteiger partial charge in [-0.1, -0.05) is 0 Å². The van der Waals surface area contributed by atoms with E-state index in [1.54, 1.807) is 0 Å². The second-order valence-electron chi connectivity index (χ2n) is 5.72. The smallest absolute Gasteiger partial charge is 0.181 e. The zero-order chi connectivity index (χ0) is 16.8. The number of aromatic amines is 1. The van der Waals surface area contributed by atoms with Gasteiger partial charge in [0.25, 0.3) is 0 Å². The number of H-pyrrole nitrogens is 1. The molecule has 0 bridgehead atoms. The predicted molar refractivity (Wildman–Crippen MR) is 95.6 cm³/mol. The maximum atomic E-state index is 12.5. The Hall–Kier alpha value is -1.96. The van der Waals surface area contributed by atoms with E-state index in [-0.39, 0.29) is 25.6 Å². The summed E-state index contributed by atoms with van der Waals surface area (Å²) in [4.78, 5) is 4.60. The van der Waals surface area contributed by atoms with Crippen molar-refractivity contribution in [2.75, 3.05) is 26.4 Å². The minimum absolute atomic E-state index is 0. The molecule has 0 unspecified atom stereocenters. The molecule has 0 spiro atoms. The third-order valence-electron chi connectivity index (χ3n) is 4.06. The summed E-state index contributed by atoms with van der Waals surface area (Å²) >= 11 is 0. The molecular weight excluding hydrogens is 347 g/mol. The lowest BCUT2D eigenvalue weighted by atomic mass is 10.00. The third-order valence-corrected chi connectivity index (χ3v) is 4.06. The number of hydrogen-bond donors (Lipinski definition) is 2. The van der Waals surface area contributed by atoms with Gasteiger partial charge in [0.05, 0.1) is 6.33 Å². The van der Waals surface area contributed by atoms with Crippen LogP contribution in [-0.2, 0) is 4.74 Å². The number of nitrogens with zero attached hydrogens (tertiary/aromatic N) is 2. The van der Waals surface area contributed by atoms with Gasteiger partial charge in [-0.05, 0) is 37.1 Å². The summed E-state index contributed by atoms with van der Waals surface area (Å²) in [5.74, 6) is 2.60. The van der Waals surface area contributed by atoms with Crippen LogP contribution in [0.4, 0.5) is 4.39 Å². The van der Waals surface area contributed by atoms with E-state index >= 15 is 0 Å². The Labute approximate surface area is 152 Å². The maximum Gasteiger partial charge on any atom is 0.181 e. The second-order valence-corrected chi connectivity index (χ2v) is 5.72. The van der Waals surface area contributed by atoms with Gasteiger partial charge in [-0.3, -0.25) is 5.10 Å². The van der Waals surface area contributed by atoms with Gasteiger partial charge in [0.1, 0.15) is 18.2 Å².